The van der Waals surface area contributed by atoms with Crippen molar-refractivity contribution in [1.29, 1.82) is 0 Å². The van der Waals surface area contributed by atoms with Gasteiger partial charge in [-0.05, 0) is 64.2 Å². The number of hydrogen-bond donors (Lipinski definition) is 0. The molecule has 0 fully saturated rings. The van der Waals surface area contributed by atoms with Crippen LogP contribution in [0.4, 0.5) is 0 Å². The van der Waals surface area contributed by atoms with E-state index in [1.807, 2.05) is 6.08 Å². The molecule has 0 aliphatic heterocycles. The lowest BCUT2D eigenvalue weighted by molar-refractivity contribution is -0.166. The van der Waals surface area contributed by atoms with E-state index in [2.05, 4.69) is 51.2 Å². The van der Waals surface area contributed by atoms with Crippen LogP contribution in [-0.4, -0.2) is 37.2 Å². The summed E-state index contributed by atoms with van der Waals surface area (Å²) in [6, 6.07) is 0. The summed E-state index contributed by atoms with van der Waals surface area (Å²) in [4.78, 5) is 38.0. The first kappa shape index (κ1) is 59.6. The number of esters is 3. The lowest BCUT2D eigenvalue weighted by Gasteiger charge is -2.18. The standard InChI is InChI=1S/C56H102O6/c1-4-7-10-13-16-19-22-25-27-29-31-34-37-40-43-46-49-55(58)61-52-53(51-60-54(57)48-45-42-39-36-33-30-24-21-18-15-12-9-6-3)62-56(59)50-47-44-41-38-35-32-28-26-23-20-17-14-11-8-5-2/h20,23,30,33,39,42,53H,4-19,21-22,24-29,31-32,34-38,40-41,43-52H2,1-3H3/b23-20-,33-30-,42-39-. The minimum atomic E-state index is -0.793. The van der Waals surface area contributed by atoms with Gasteiger partial charge in [0.2, 0.25) is 0 Å². The van der Waals surface area contributed by atoms with E-state index >= 15 is 0 Å². The number of carbonyl (C=O) groups excluding carboxylic acids is 3. The Hall–Kier alpha value is -2.37. The highest BCUT2D eigenvalue weighted by Crippen LogP contribution is 2.16. The summed E-state index contributed by atoms with van der Waals surface area (Å²) in [6.45, 7) is 6.59. The number of rotatable bonds is 49. The van der Waals surface area contributed by atoms with E-state index in [9.17, 15) is 14.4 Å². The van der Waals surface area contributed by atoms with Crippen LogP contribution >= 0.6 is 0 Å². The summed E-state index contributed by atoms with van der Waals surface area (Å²) < 4.78 is 16.8. The molecule has 0 bridgehead atoms. The number of carbonyl (C=O) groups is 3. The predicted octanol–water partition coefficient (Wildman–Crippen LogP) is 17.7. The van der Waals surface area contributed by atoms with Gasteiger partial charge >= 0.3 is 17.9 Å². The minimum absolute atomic E-state index is 0.0876. The van der Waals surface area contributed by atoms with E-state index < -0.39 is 6.10 Å². The Bertz CT molecular complexity index is 1050. The Balaban J connectivity index is 4.40. The van der Waals surface area contributed by atoms with Gasteiger partial charge in [0, 0.05) is 19.3 Å². The van der Waals surface area contributed by atoms with E-state index in [1.165, 1.54) is 186 Å². The summed E-state index contributed by atoms with van der Waals surface area (Å²) in [7, 11) is 0. The zero-order valence-electron chi connectivity index (χ0n) is 41.4. The van der Waals surface area contributed by atoms with Crippen molar-refractivity contribution < 1.29 is 28.6 Å². The van der Waals surface area contributed by atoms with Gasteiger partial charge in [-0.2, -0.15) is 0 Å². The second-order valence-corrected chi connectivity index (χ2v) is 18.1. The summed E-state index contributed by atoms with van der Waals surface area (Å²) in [6.07, 6.45) is 60.0. The molecule has 0 aromatic rings. The van der Waals surface area contributed by atoms with E-state index in [1.54, 1.807) is 0 Å². The van der Waals surface area contributed by atoms with Crippen molar-refractivity contribution in [2.45, 2.75) is 290 Å². The summed E-state index contributed by atoms with van der Waals surface area (Å²) in [5.74, 6) is -0.951. The molecular formula is C56H102O6. The van der Waals surface area contributed by atoms with Crippen LogP contribution < -0.4 is 0 Å². The van der Waals surface area contributed by atoms with Crippen LogP contribution in [0.25, 0.3) is 0 Å². The van der Waals surface area contributed by atoms with E-state index in [0.717, 1.165) is 51.4 Å². The zero-order chi connectivity index (χ0) is 45.1. The van der Waals surface area contributed by atoms with Gasteiger partial charge in [-0.15, -0.1) is 0 Å². The fourth-order valence-electron chi connectivity index (χ4n) is 7.79. The van der Waals surface area contributed by atoms with Crippen molar-refractivity contribution in [3.63, 3.8) is 0 Å². The van der Waals surface area contributed by atoms with Gasteiger partial charge in [0.15, 0.2) is 6.10 Å². The molecule has 0 aliphatic carbocycles. The van der Waals surface area contributed by atoms with Gasteiger partial charge < -0.3 is 14.2 Å². The second kappa shape index (κ2) is 51.3. The van der Waals surface area contributed by atoms with Crippen molar-refractivity contribution in [1.82, 2.24) is 0 Å². The van der Waals surface area contributed by atoms with Crippen LogP contribution in [0.2, 0.25) is 0 Å². The van der Waals surface area contributed by atoms with Crippen LogP contribution in [0.3, 0.4) is 0 Å². The average molecular weight is 871 g/mol. The number of unbranched alkanes of at least 4 members (excludes halogenated alkanes) is 32. The Morgan fingerprint density at radius 2 is 0.613 bits per heavy atom. The Morgan fingerprint density at radius 1 is 0.323 bits per heavy atom. The molecule has 0 spiro atoms. The van der Waals surface area contributed by atoms with Gasteiger partial charge in [-0.1, -0.05) is 237 Å². The lowest BCUT2D eigenvalue weighted by atomic mass is 10.0. The van der Waals surface area contributed by atoms with Gasteiger partial charge in [-0.25, -0.2) is 0 Å². The van der Waals surface area contributed by atoms with Crippen LogP contribution in [0.5, 0.6) is 0 Å². The molecule has 362 valence electrons. The van der Waals surface area contributed by atoms with Crippen molar-refractivity contribution >= 4 is 17.9 Å². The molecule has 62 heavy (non-hydrogen) atoms. The molecule has 0 aliphatic rings. The van der Waals surface area contributed by atoms with E-state index in [4.69, 9.17) is 14.2 Å². The van der Waals surface area contributed by atoms with Gasteiger partial charge in [-0.3, -0.25) is 14.4 Å². The monoisotopic (exact) mass is 871 g/mol. The molecule has 0 aromatic carbocycles. The molecule has 0 saturated carbocycles. The molecule has 0 heterocycles. The highest BCUT2D eigenvalue weighted by Gasteiger charge is 2.19. The van der Waals surface area contributed by atoms with E-state index in [0.29, 0.717) is 19.3 Å². The molecule has 6 nitrogen and oxygen atoms in total. The quantitative estimate of drug-likeness (QED) is 0.0262. The van der Waals surface area contributed by atoms with Crippen LogP contribution in [0.1, 0.15) is 284 Å². The second-order valence-electron chi connectivity index (χ2n) is 18.1. The maximum absolute atomic E-state index is 12.8. The third kappa shape index (κ3) is 48.7. The molecule has 0 aromatic heterocycles. The topological polar surface area (TPSA) is 78.9 Å². The molecule has 1 atom stereocenters. The molecule has 0 amide bonds. The van der Waals surface area contributed by atoms with Gasteiger partial charge in [0.25, 0.3) is 0 Å². The smallest absolute Gasteiger partial charge is 0.306 e. The third-order valence-corrected chi connectivity index (χ3v) is 11.9. The summed E-state index contributed by atoms with van der Waals surface area (Å²) in [5.41, 5.74) is 0. The van der Waals surface area contributed by atoms with Gasteiger partial charge in [0.05, 0.1) is 0 Å². The highest BCUT2D eigenvalue weighted by molar-refractivity contribution is 5.71. The first-order valence-electron chi connectivity index (χ1n) is 27.0. The number of allylic oxidation sites excluding steroid dienone is 6. The van der Waals surface area contributed by atoms with Crippen molar-refractivity contribution in [2.75, 3.05) is 13.2 Å². The van der Waals surface area contributed by atoms with Gasteiger partial charge in [0.1, 0.15) is 13.2 Å². The van der Waals surface area contributed by atoms with Crippen LogP contribution in [-0.2, 0) is 28.6 Å². The number of ether oxygens (including phenoxy) is 3. The highest BCUT2D eigenvalue weighted by atomic mass is 16.6. The zero-order valence-corrected chi connectivity index (χ0v) is 41.4. The average Bonchev–Trinajstić information content (AvgIpc) is 3.27. The molecule has 0 radical (unpaired) electrons. The summed E-state index contributed by atoms with van der Waals surface area (Å²) in [5, 5.41) is 0. The lowest BCUT2D eigenvalue weighted by Crippen LogP contribution is -2.30. The SMILES string of the molecule is CCCCCC/C=C\CCCCCCCCCC(=O)OC(COC(=O)CC/C=C\C/C=C\CCCCCCCC)COC(=O)CCCCCCCCCCCCCCCCCC. The van der Waals surface area contributed by atoms with E-state index in [-0.39, 0.29) is 37.5 Å². The predicted molar refractivity (Wildman–Crippen MR) is 266 cm³/mol. The van der Waals surface area contributed by atoms with Crippen LogP contribution in [0.15, 0.2) is 36.5 Å². The molecule has 0 rings (SSSR count). The minimum Gasteiger partial charge on any atom is -0.462 e. The first-order valence-corrected chi connectivity index (χ1v) is 27.0. The fraction of sp³-hybridized carbons (Fsp3) is 0.839. The summed E-state index contributed by atoms with van der Waals surface area (Å²) >= 11 is 0. The normalized spacial score (nSPS) is 12.2. The fourth-order valence-corrected chi connectivity index (χ4v) is 7.79. The third-order valence-electron chi connectivity index (χ3n) is 11.9. The van der Waals surface area contributed by atoms with Crippen molar-refractivity contribution in [3.05, 3.63) is 36.5 Å². The molecule has 1 unspecified atom stereocenters. The maximum atomic E-state index is 12.8. The van der Waals surface area contributed by atoms with Crippen molar-refractivity contribution in [3.8, 4) is 0 Å². The largest absolute Gasteiger partial charge is 0.462 e. The Kier molecular flexibility index (Phi) is 49.3. The maximum Gasteiger partial charge on any atom is 0.306 e. The first-order chi connectivity index (χ1) is 30.5. The molecule has 0 saturated heterocycles. The molecular weight excluding hydrogens is 769 g/mol. The van der Waals surface area contributed by atoms with Crippen LogP contribution in [0, 0.1) is 0 Å². The van der Waals surface area contributed by atoms with Crippen molar-refractivity contribution in [2.24, 2.45) is 0 Å². The molecule has 6 heteroatoms. The number of hydrogen-bond acceptors (Lipinski definition) is 6. The Morgan fingerprint density at radius 3 is 1.02 bits per heavy atom. The Labute approximate surface area is 385 Å². The molecule has 0 N–H and O–H groups in total.